The summed E-state index contributed by atoms with van der Waals surface area (Å²) in [6.45, 7) is 4.53. The molecule has 5 heteroatoms. The van der Waals surface area contributed by atoms with E-state index < -0.39 is 11.9 Å². The molecular weight excluding hydrogens is 220 g/mol. The van der Waals surface area contributed by atoms with E-state index >= 15 is 0 Å². The van der Waals surface area contributed by atoms with Gasteiger partial charge >= 0.3 is 12.0 Å². The highest BCUT2D eigenvalue weighted by molar-refractivity contribution is 5.76. The Bertz CT molecular complexity index is 309. The van der Waals surface area contributed by atoms with E-state index in [2.05, 4.69) is 5.92 Å². The van der Waals surface area contributed by atoms with Crippen molar-refractivity contribution >= 4 is 12.0 Å². The second kappa shape index (κ2) is 7.55. The summed E-state index contributed by atoms with van der Waals surface area (Å²) in [7, 11) is 1.58. The average molecular weight is 240 g/mol. The van der Waals surface area contributed by atoms with E-state index in [1.54, 1.807) is 14.0 Å². The molecule has 0 rings (SSSR count). The van der Waals surface area contributed by atoms with Gasteiger partial charge in [-0.05, 0) is 6.42 Å². The van der Waals surface area contributed by atoms with E-state index in [1.807, 2.05) is 6.92 Å². The monoisotopic (exact) mass is 240 g/mol. The summed E-state index contributed by atoms with van der Waals surface area (Å²) in [5.74, 6) is 0.928. The number of carbonyl (C=O) groups is 2. The first kappa shape index (κ1) is 15.3. The zero-order valence-electron chi connectivity index (χ0n) is 10.6. The van der Waals surface area contributed by atoms with E-state index in [0.717, 1.165) is 6.42 Å². The zero-order chi connectivity index (χ0) is 13.4. The molecule has 0 aliphatic carbocycles. The van der Waals surface area contributed by atoms with Crippen LogP contribution in [0.2, 0.25) is 0 Å². The number of aliphatic carboxylic acids is 1. The fourth-order valence-corrected chi connectivity index (χ4v) is 1.43. The highest BCUT2D eigenvalue weighted by Gasteiger charge is 2.20. The van der Waals surface area contributed by atoms with Gasteiger partial charge in [0.2, 0.25) is 0 Å². The zero-order valence-corrected chi connectivity index (χ0v) is 10.6. The van der Waals surface area contributed by atoms with Crippen molar-refractivity contribution in [3.63, 3.8) is 0 Å². The van der Waals surface area contributed by atoms with Crippen molar-refractivity contribution in [3.05, 3.63) is 0 Å². The molecule has 0 aliphatic heterocycles. The number of carbonyl (C=O) groups excluding carboxylic acids is 1. The summed E-state index contributed by atoms with van der Waals surface area (Å²) in [6, 6.07) is -0.224. The van der Waals surface area contributed by atoms with E-state index in [9.17, 15) is 9.59 Å². The molecule has 0 aromatic carbocycles. The van der Waals surface area contributed by atoms with Crippen molar-refractivity contribution in [3.8, 4) is 12.3 Å². The van der Waals surface area contributed by atoms with Crippen LogP contribution in [0.5, 0.6) is 0 Å². The molecule has 0 fully saturated rings. The number of carboxylic acid groups (broad SMARTS) is 1. The van der Waals surface area contributed by atoms with Gasteiger partial charge in [-0.3, -0.25) is 4.79 Å². The molecular formula is C12H20N2O3. The number of hydrogen-bond acceptors (Lipinski definition) is 2. The predicted molar refractivity (Wildman–Crippen MR) is 65.5 cm³/mol. The van der Waals surface area contributed by atoms with Crippen LogP contribution < -0.4 is 0 Å². The van der Waals surface area contributed by atoms with Crippen LogP contribution in [-0.4, -0.2) is 53.6 Å². The smallest absolute Gasteiger partial charge is 0.320 e. The second-order valence-electron chi connectivity index (χ2n) is 4.03. The van der Waals surface area contributed by atoms with Crippen molar-refractivity contribution in [2.45, 2.75) is 20.3 Å². The maximum atomic E-state index is 11.9. The number of rotatable bonds is 6. The second-order valence-corrected chi connectivity index (χ2v) is 4.03. The minimum absolute atomic E-state index is 0.180. The number of hydrogen-bond donors (Lipinski definition) is 1. The van der Waals surface area contributed by atoms with Crippen molar-refractivity contribution in [2.75, 3.05) is 26.7 Å². The topological polar surface area (TPSA) is 60.9 Å². The minimum Gasteiger partial charge on any atom is -0.481 e. The van der Waals surface area contributed by atoms with Crippen LogP contribution in [-0.2, 0) is 4.79 Å². The Morgan fingerprint density at radius 1 is 1.47 bits per heavy atom. The Labute approximate surface area is 102 Å². The molecule has 0 aromatic heterocycles. The standard InChI is InChI=1S/C12H20N2O3/c1-5-7-14(8-6-2)12(17)13(4)9-10(3)11(15)16/h1,10H,6-9H2,2-4H3,(H,15,16). The molecule has 0 saturated carbocycles. The Balaban J connectivity index is 4.44. The third-order valence-corrected chi connectivity index (χ3v) is 2.34. The Hall–Kier alpha value is -1.70. The quantitative estimate of drug-likeness (QED) is 0.707. The van der Waals surface area contributed by atoms with E-state index in [1.165, 1.54) is 9.80 Å². The Morgan fingerprint density at radius 3 is 2.47 bits per heavy atom. The maximum absolute atomic E-state index is 11.9. The van der Waals surface area contributed by atoms with Crippen molar-refractivity contribution < 1.29 is 14.7 Å². The van der Waals surface area contributed by atoms with Crippen LogP contribution in [0.15, 0.2) is 0 Å². The predicted octanol–water partition coefficient (Wildman–Crippen LogP) is 1.10. The van der Waals surface area contributed by atoms with Gasteiger partial charge in [-0.25, -0.2) is 4.79 Å². The summed E-state index contributed by atoms with van der Waals surface area (Å²) in [4.78, 5) is 25.6. The molecule has 0 aromatic rings. The fourth-order valence-electron chi connectivity index (χ4n) is 1.43. The first-order valence-electron chi connectivity index (χ1n) is 5.60. The molecule has 17 heavy (non-hydrogen) atoms. The highest BCUT2D eigenvalue weighted by Crippen LogP contribution is 2.03. The van der Waals surface area contributed by atoms with Crippen molar-refractivity contribution in [2.24, 2.45) is 5.92 Å². The number of urea groups is 1. The summed E-state index contributed by atoms with van der Waals surface area (Å²) < 4.78 is 0. The van der Waals surface area contributed by atoms with Crippen molar-refractivity contribution in [1.29, 1.82) is 0 Å². The third-order valence-electron chi connectivity index (χ3n) is 2.34. The van der Waals surface area contributed by atoms with E-state index in [4.69, 9.17) is 11.5 Å². The van der Waals surface area contributed by atoms with Gasteiger partial charge in [0, 0.05) is 20.1 Å². The summed E-state index contributed by atoms with van der Waals surface area (Å²) >= 11 is 0. The molecule has 0 aliphatic rings. The largest absolute Gasteiger partial charge is 0.481 e. The number of amides is 2. The van der Waals surface area contributed by atoms with Crippen molar-refractivity contribution in [1.82, 2.24) is 9.80 Å². The van der Waals surface area contributed by atoms with Crippen LogP contribution in [0.3, 0.4) is 0 Å². The molecule has 5 nitrogen and oxygen atoms in total. The number of terminal acetylenes is 1. The Morgan fingerprint density at radius 2 is 2.06 bits per heavy atom. The van der Waals surface area contributed by atoms with Crippen LogP contribution in [0.1, 0.15) is 20.3 Å². The third kappa shape index (κ3) is 5.25. The van der Waals surface area contributed by atoms with Gasteiger partial charge in [-0.1, -0.05) is 19.8 Å². The molecule has 1 unspecified atom stereocenters. The lowest BCUT2D eigenvalue weighted by atomic mass is 10.2. The van der Waals surface area contributed by atoms with Gasteiger partial charge in [0.05, 0.1) is 12.5 Å². The van der Waals surface area contributed by atoms with Gasteiger partial charge in [-0.2, -0.15) is 0 Å². The van der Waals surface area contributed by atoms with Crippen LogP contribution >= 0.6 is 0 Å². The maximum Gasteiger partial charge on any atom is 0.320 e. The Kier molecular flexibility index (Phi) is 6.80. The molecule has 1 N–H and O–H groups in total. The molecule has 0 radical (unpaired) electrons. The molecule has 96 valence electrons. The average Bonchev–Trinajstić information content (AvgIpc) is 2.27. The van der Waals surface area contributed by atoms with Crippen LogP contribution in [0.25, 0.3) is 0 Å². The van der Waals surface area contributed by atoms with E-state index in [0.29, 0.717) is 6.54 Å². The molecule has 0 heterocycles. The summed E-state index contributed by atoms with van der Waals surface area (Å²) in [5, 5.41) is 8.77. The van der Waals surface area contributed by atoms with Gasteiger partial charge in [-0.15, -0.1) is 6.42 Å². The molecule has 1 atom stereocenters. The van der Waals surface area contributed by atoms with Gasteiger partial charge in [0.15, 0.2) is 0 Å². The molecule has 0 saturated heterocycles. The first-order valence-corrected chi connectivity index (χ1v) is 5.60. The molecule has 0 spiro atoms. The summed E-state index contributed by atoms with van der Waals surface area (Å²) in [5.41, 5.74) is 0. The number of nitrogens with zero attached hydrogens (tertiary/aromatic N) is 2. The minimum atomic E-state index is -0.913. The van der Waals surface area contributed by atoms with Gasteiger partial charge in [0.1, 0.15) is 0 Å². The number of carboxylic acids is 1. The van der Waals surface area contributed by atoms with Gasteiger partial charge in [0.25, 0.3) is 0 Å². The van der Waals surface area contributed by atoms with Gasteiger partial charge < -0.3 is 14.9 Å². The summed E-state index contributed by atoms with van der Waals surface area (Å²) in [6.07, 6.45) is 6.01. The lowest BCUT2D eigenvalue weighted by molar-refractivity contribution is -0.141. The lowest BCUT2D eigenvalue weighted by Gasteiger charge is -2.27. The van der Waals surface area contributed by atoms with E-state index in [-0.39, 0.29) is 19.1 Å². The first-order chi connectivity index (χ1) is 7.93. The highest BCUT2D eigenvalue weighted by atomic mass is 16.4. The fraction of sp³-hybridized carbons (Fsp3) is 0.667. The normalized spacial score (nSPS) is 11.4. The SMILES string of the molecule is C#CCN(CCC)C(=O)N(C)CC(C)C(=O)O. The van der Waals surface area contributed by atoms with Crippen LogP contribution in [0, 0.1) is 18.3 Å². The molecule has 2 amide bonds. The molecule has 0 bridgehead atoms. The van der Waals surface area contributed by atoms with Crippen LogP contribution in [0.4, 0.5) is 4.79 Å². The lowest BCUT2D eigenvalue weighted by Crippen LogP contribution is -2.44.